The zero-order chi connectivity index (χ0) is 13.7. The van der Waals surface area contributed by atoms with E-state index in [9.17, 15) is 0 Å². The second-order valence-corrected chi connectivity index (χ2v) is 5.19. The highest BCUT2D eigenvalue weighted by Gasteiger charge is 2.14. The fraction of sp³-hybridized carbons (Fsp3) is 0.571. The lowest BCUT2D eigenvalue weighted by atomic mass is 10.1. The largest absolute Gasteiger partial charge is 0.383 e. The summed E-state index contributed by atoms with van der Waals surface area (Å²) in [5, 5.41) is 0.745. The van der Waals surface area contributed by atoms with E-state index < -0.39 is 0 Å². The number of hydrogen-bond donors (Lipinski definition) is 1. The van der Waals surface area contributed by atoms with E-state index in [0.29, 0.717) is 12.6 Å². The van der Waals surface area contributed by atoms with E-state index in [4.69, 9.17) is 22.1 Å². The molecule has 0 bridgehead atoms. The molecule has 1 aromatic rings. The molecule has 0 aliphatic rings. The third kappa shape index (κ3) is 3.87. The van der Waals surface area contributed by atoms with Gasteiger partial charge in [0.2, 0.25) is 0 Å². The second-order valence-electron chi connectivity index (χ2n) is 4.78. The molecule has 2 N–H and O–H groups in total. The van der Waals surface area contributed by atoms with Crippen molar-refractivity contribution in [1.82, 2.24) is 0 Å². The maximum Gasteiger partial charge on any atom is 0.0643 e. The van der Waals surface area contributed by atoms with E-state index in [1.165, 1.54) is 0 Å². The average molecular weight is 271 g/mol. The van der Waals surface area contributed by atoms with Gasteiger partial charge in [-0.05, 0) is 38.5 Å². The van der Waals surface area contributed by atoms with E-state index in [-0.39, 0.29) is 6.04 Å². The SMILES string of the molecule is COCCN(c1ccc(C(C)N)cc1Cl)C(C)C. The summed E-state index contributed by atoms with van der Waals surface area (Å²) in [6.07, 6.45) is 0. The average Bonchev–Trinajstić information content (AvgIpc) is 2.30. The van der Waals surface area contributed by atoms with Gasteiger partial charge in [-0.15, -0.1) is 0 Å². The molecule has 0 spiro atoms. The van der Waals surface area contributed by atoms with Gasteiger partial charge in [-0.25, -0.2) is 0 Å². The zero-order valence-electron chi connectivity index (χ0n) is 11.6. The predicted molar refractivity (Wildman–Crippen MR) is 78.4 cm³/mol. The third-order valence-electron chi connectivity index (χ3n) is 2.97. The minimum atomic E-state index is 0.00280. The van der Waals surface area contributed by atoms with Crippen molar-refractivity contribution in [1.29, 1.82) is 0 Å². The van der Waals surface area contributed by atoms with Crippen LogP contribution in [0.1, 0.15) is 32.4 Å². The van der Waals surface area contributed by atoms with Crippen molar-refractivity contribution in [2.45, 2.75) is 32.9 Å². The fourth-order valence-electron chi connectivity index (χ4n) is 1.89. The van der Waals surface area contributed by atoms with Gasteiger partial charge in [0.25, 0.3) is 0 Å². The fourth-order valence-corrected chi connectivity index (χ4v) is 2.18. The normalized spacial score (nSPS) is 12.8. The van der Waals surface area contributed by atoms with Gasteiger partial charge in [0.1, 0.15) is 0 Å². The molecule has 1 aromatic carbocycles. The molecular weight excluding hydrogens is 248 g/mol. The molecule has 18 heavy (non-hydrogen) atoms. The molecule has 0 aromatic heterocycles. The van der Waals surface area contributed by atoms with Gasteiger partial charge in [0, 0.05) is 25.7 Å². The molecule has 0 heterocycles. The first-order chi connectivity index (χ1) is 8.47. The van der Waals surface area contributed by atoms with Crippen LogP contribution in [0.5, 0.6) is 0 Å². The summed E-state index contributed by atoms with van der Waals surface area (Å²) in [6.45, 7) is 7.75. The molecule has 0 saturated heterocycles. The van der Waals surface area contributed by atoms with Gasteiger partial charge in [-0.3, -0.25) is 0 Å². The number of ether oxygens (including phenoxy) is 1. The summed E-state index contributed by atoms with van der Waals surface area (Å²) >= 11 is 6.35. The standard InChI is InChI=1S/C14H23ClN2O/c1-10(2)17(7-8-18-4)14-6-5-12(11(3)16)9-13(14)15/h5-6,9-11H,7-8,16H2,1-4H3. The molecule has 4 heteroatoms. The van der Waals surface area contributed by atoms with Gasteiger partial charge < -0.3 is 15.4 Å². The highest BCUT2D eigenvalue weighted by molar-refractivity contribution is 6.33. The summed E-state index contributed by atoms with van der Waals surface area (Å²) in [5.74, 6) is 0. The Morgan fingerprint density at radius 3 is 2.44 bits per heavy atom. The van der Waals surface area contributed by atoms with Crippen molar-refractivity contribution in [2.75, 3.05) is 25.2 Å². The maximum absolute atomic E-state index is 6.35. The van der Waals surface area contributed by atoms with Gasteiger partial charge in [-0.1, -0.05) is 17.7 Å². The molecule has 0 amide bonds. The molecule has 3 nitrogen and oxygen atoms in total. The Labute approximate surface area is 115 Å². The van der Waals surface area contributed by atoms with Crippen LogP contribution in [-0.4, -0.2) is 26.3 Å². The predicted octanol–water partition coefficient (Wildman–Crippen LogP) is 3.22. The van der Waals surface area contributed by atoms with E-state index in [1.54, 1.807) is 7.11 Å². The van der Waals surface area contributed by atoms with Crippen molar-refractivity contribution in [3.8, 4) is 0 Å². The Balaban J connectivity index is 2.98. The first kappa shape index (κ1) is 15.3. The molecule has 102 valence electrons. The number of rotatable bonds is 6. The van der Waals surface area contributed by atoms with Crippen LogP contribution in [0.15, 0.2) is 18.2 Å². The number of anilines is 1. The highest BCUT2D eigenvalue weighted by Crippen LogP contribution is 2.29. The van der Waals surface area contributed by atoms with E-state index in [1.807, 2.05) is 25.1 Å². The number of halogens is 1. The molecule has 0 fully saturated rings. The van der Waals surface area contributed by atoms with Crippen LogP contribution >= 0.6 is 11.6 Å². The van der Waals surface area contributed by atoms with Gasteiger partial charge in [-0.2, -0.15) is 0 Å². The van der Waals surface area contributed by atoms with Crippen molar-refractivity contribution in [3.63, 3.8) is 0 Å². The van der Waals surface area contributed by atoms with E-state index in [2.05, 4.69) is 18.7 Å². The number of nitrogens with zero attached hydrogens (tertiary/aromatic N) is 1. The molecule has 0 radical (unpaired) electrons. The molecule has 0 saturated carbocycles. The van der Waals surface area contributed by atoms with E-state index >= 15 is 0 Å². The van der Waals surface area contributed by atoms with Crippen molar-refractivity contribution >= 4 is 17.3 Å². The van der Waals surface area contributed by atoms with Crippen LogP contribution < -0.4 is 10.6 Å². The van der Waals surface area contributed by atoms with Crippen LogP contribution in [-0.2, 0) is 4.74 Å². The summed E-state index contributed by atoms with van der Waals surface area (Å²) in [4.78, 5) is 2.23. The molecule has 1 atom stereocenters. The Hall–Kier alpha value is -0.770. The first-order valence-corrected chi connectivity index (χ1v) is 6.65. The number of nitrogens with two attached hydrogens (primary N) is 1. The zero-order valence-corrected chi connectivity index (χ0v) is 12.4. The minimum absolute atomic E-state index is 0.00280. The number of benzene rings is 1. The Kier molecular flexibility index (Phi) is 5.93. The van der Waals surface area contributed by atoms with Crippen molar-refractivity contribution in [3.05, 3.63) is 28.8 Å². The maximum atomic E-state index is 6.35. The van der Waals surface area contributed by atoms with E-state index in [0.717, 1.165) is 22.8 Å². The Morgan fingerprint density at radius 2 is 2.00 bits per heavy atom. The molecule has 0 aliphatic heterocycles. The minimum Gasteiger partial charge on any atom is -0.383 e. The van der Waals surface area contributed by atoms with Crippen molar-refractivity contribution < 1.29 is 4.74 Å². The lowest BCUT2D eigenvalue weighted by Gasteiger charge is -2.30. The van der Waals surface area contributed by atoms with Gasteiger partial charge in [0.15, 0.2) is 0 Å². The molecule has 0 aliphatic carbocycles. The first-order valence-electron chi connectivity index (χ1n) is 6.28. The van der Waals surface area contributed by atoms with Crippen LogP contribution in [0.25, 0.3) is 0 Å². The summed E-state index contributed by atoms with van der Waals surface area (Å²) in [5.41, 5.74) is 7.95. The topological polar surface area (TPSA) is 38.5 Å². The van der Waals surface area contributed by atoms with Crippen LogP contribution in [0.3, 0.4) is 0 Å². The van der Waals surface area contributed by atoms with Crippen LogP contribution in [0.4, 0.5) is 5.69 Å². The van der Waals surface area contributed by atoms with Crippen LogP contribution in [0, 0.1) is 0 Å². The third-order valence-corrected chi connectivity index (χ3v) is 3.27. The lowest BCUT2D eigenvalue weighted by Crippen LogP contribution is -2.34. The summed E-state index contributed by atoms with van der Waals surface area (Å²) in [7, 11) is 1.71. The molecule has 1 rings (SSSR count). The Morgan fingerprint density at radius 1 is 1.33 bits per heavy atom. The number of methoxy groups -OCH3 is 1. The smallest absolute Gasteiger partial charge is 0.0643 e. The Bertz CT molecular complexity index is 380. The van der Waals surface area contributed by atoms with Crippen molar-refractivity contribution in [2.24, 2.45) is 5.73 Å². The van der Waals surface area contributed by atoms with Gasteiger partial charge in [0.05, 0.1) is 17.3 Å². The molecule has 1 unspecified atom stereocenters. The lowest BCUT2D eigenvalue weighted by molar-refractivity contribution is 0.204. The second kappa shape index (κ2) is 6.98. The van der Waals surface area contributed by atoms with Gasteiger partial charge >= 0.3 is 0 Å². The quantitative estimate of drug-likeness (QED) is 0.863. The summed E-state index contributed by atoms with van der Waals surface area (Å²) in [6, 6.07) is 6.40. The molecular formula is C14H23ClN2O. The van der Waals surface area contributed by atoms with Crippen LogP contribution in [0.2, 0.25) is 5.02 Å². The number of hydrogen-bond acceptors (Lipinski definition) is 3. The highest BCUT2D eigenvalue weighted by atomic mass is 35.5. The monoisotopic (exact) mass is 270 g/mol. The summed E-state index contributed by atoms with van der Waals surface area (Å²) < 4.78 is 5.14.